The van der Waals surface area contributed by atoms with E-state index in [1.807, 2.05) is 6.07 Å². The van der Waals surface area contributed by atoms with Crippen LogP contribution in [0.3, 0.4) is 0 Å². The molecule has 0 saturated heterocycles. The largest absolute Gasteiger partial charge is 0.479 e. The van der Waals surface area contributed by atoms with E-state index < -0.39 is 0 Å². The van der Waals surface area contributed by atoms with Gasteiger partial charge in [-0.05, 0) is 30.9 Å². The summed E-state index contributed by atoms with van der Waals surface area (Å²) >= 11 is 0. The first-order chi connectivity index (χ1) is 6.55. The first-order valence-electron chi connectivity index (χ1n) is 5.38. The van der Waals surface area contributed by atoms with Gasteiger partial charge in [-0.2, -0.15) is 0 Å². The van der Waals surface area contributed by atoms with Crippen LogP contribution in [0.25, 0.3) is 0 Å². The number of aromatic amines is 1. The Morgan fingerprint density at radius 3 is 2.57 bits per heavy atom. The summed E-state index contributed by atoms with van der Waals surface area (Å²) in [7, 11) is 0. The van der Waals surface area contributed by atoms with Crippen molar-refractivity contribution in [2.45, 2.75) is 39.0 Å². The summed E-state index contributed by atoms with van der Waals surface area (Å²) in [6.45, 7) is 7.47. The van der Waals surface area contributed by atoms with Crippen LogP contribution < -0.4 is 4.74 Å². The number of ether oxygens (including phenoxy) is 1. The molecule has 2 rings (SSSR count). The van der Waals surface area contributed by atoms with Gasteiger partial charge in [0.25, 0.3) is 0 Å². The van der Waals surface area contributed by atoms with Gasteiger partial charge in [-0.25, -0.2) is 0 Å². The molecule has 1 aliphatic carbocycles. The fraction of sp³-hybridized carbons (Fsp3) is 0.667. The zero-order valence-corrected chi connectivity index (χ0v) is 9.26. The van der Waals surface area contributed by atoms with Gasteiger partial charge in [-0.15, -0.1) is 0 Å². The predicted molar refractivity (Wildman–Crippen MR) is 57.7 cm³/mol. The molecule has 2 heteroatoms. The molecule has 0 atom stereocenters. The third-order valence-electron chi connectivity index (χ3n) is 2.64. The summed E-state index contributed by atoms with van der Waals surface area (Å²) in [5.74, 6) is 1.73. The van der Waals surface area contributed by atoms with E-state index in [9.17, 15) is 0 Å². The van der Waals surface area contributed by atoms with E-state index >= 15 is 0 Å². The molecule has 1 aliphatic rings. The van der Waals surface area contributed by atoms with Crippen molar-refractivity contribution >= 4 is 0 Å². The predicted octanol–water partition coefficient (Wildman–Crippen LogP) is 3.10. The third kappa shape index (κ3) is 2.31. The highest BCUT2D eigenvalue weighted by atomic mass is 16.5. The second kappa shape index (κ2) is 3.34. The lowest BCUT2D eigenvalue weighted by Gasteiger charge is -2.15. The molecule has 0 aromatic carbocycles. The molecule has 0 unspecified atom stereocenters. The Labute approximate surface area is 85.7 Å². The number of rotatable bonds is 3. The average Bonchev–Trinajstić information content (AvgIpc) is 2.77. The van der Waals surface area contributed by atoms with Crippen LogP contribution in [0, 0.1) is 5.92 Å². The maximum absolute atomic E-state index is 5.65. The molecule has 78 valence electrons. The molecular formula is C12H19NO. The van der Waals surface area contributed by atoms with Gasteiger partial charge < -0.3 is 9.72 Å². The molecular weight excluding hydrogens is 174 g/mol. The monoisotopic (exact) mass is 193 g/mol. The maximum atomic E-state index is 5.65. The third-order valence-corrected chi connectivity index (χ3v) is 2.64. The van der Waals surface area contributed by atoms with Crippen LogP contribution >= 0.6 is 0 Å². The van der Waals surface area contributed by atoms with Crippen LogP contribution in [0.1, 0.15) is 39.3 Å². The van der Waals surface area contributed by atoms with E-state index in [-0.39, 0.29) is 5.41 Å². The minimum atomic E-state index is 0.182. The molecule has 14 heavy (non-hydrogen) atoms. The van der Waals surface area contributed by atoms with Crippen LogP contribution in [-0.4, -0.2) is 11.6 Å². The van der Waals surface area contributed by atoms with Crippen LogP contribution in [0.2, 0.25) is 0 Å². The van der Waals surface area contributed by atoms with Crippen LogP contribution in [0.15, 0.2) is 12.1 Å². The number of hydrogen-bond acceptors (Lipinski definition) is 1. The fourth-order valence-corrected chi connectivity index (χ4v) is 1.39. The Kier molecular flexibility index (Phi) is 2.30. The molecule has 0 aliphatic heterocycles. The average molecular weight is 193 g/mol. The van der Waals surface area contributed by atoms with Crippen LogP contribution in [0.4, 0.5) is 0 Å². The van der Waals surface area contributed by atoms with E-state index in [0.29, 0.717) is 0 Å². The zero-order chi connectivity index (χ0) is 10.2. The SMILES string of the molecule is CC(C)(C)c1ccc(OCC2CC2)[nH]1. The molecule has 0 amide bonds. The quantitative estimate of drug-likeness (QED) is 0.784. The molecule has 0 radical (unpaired) electrons. The van der Waals surface area contributed by atoms with Crippen LogP contribution in [0.5, 0.6) is 5.88 Å². The lowest BCUT2D eigenvalue weighted by atomic mass is 9.93. The van der Waals surface area contributed by atoms with E-state index in [2.05, 4.69) is 31.8 Å². The van der Waals surface area contributed by atoms with Gasteiger partial charge in [0.1, 0.15) is 0 Å². The standard InChI is InChI=1S/C12H19NO/c1-12(2,3)10-6-7-11(13-10)14-8-9-4-5-9/h6-7,9,13H,4-5,8H2,1-3H3. The molecule has 1 heterocycles. The topological polar surface area (TPSA) is 25.0 Å². The minimum Gasteiger partial charge on any atom is -0.479 e. The van der Waals surface area contributed by atoms with Crippen LogP contribution in [-0.2, 0) is 5.41 Å². The van der Waals surface area contributed by atoms with E-state index in [1.165, 1.54) is 18.5 Å². The number of nitrogens with one attached hydrogen (secondary N) is 1. The lowest BCUT2D eigenvalue weighted by molar-refractivity contribution is 0.289. The van der Waals surface area contributed by atoms with Gasteiger partial charge in [-0.3, -0.25) is 0 Å². The first-order valence-corrected chi connectivity index (χ1v) is 5.38. The molecule has 0 spiro atoms. The Morgan fingerprint density at radius 2 is 2.07 bits per heavy atom. The van der Waals surface area contributed by atoms with E-state index in [4.69, 9.17) is 4.74 Å². The molecule has 1 fully saturated rings. The van der Waals surface area contributed by atoms with E-state index in [0.717, 1.165) is 18.4 Å². The van der Waals surface area contributed by atoms with Crippen molar-refractivity contribution in [1.29, 1.82) is 0 Å². The van der Waals surface area contributed by atoms with Crippen molar-refractivity contribution < 1.29 is 4.74 Å². The van der Waals surface area contributed by atoms with Crippen molar-refractivity contribution in [3.8, 4) is 5.88 Å². The normalized spacial score (nSPS) is 17.1. The Bertz CT molecular complexity index is 304. The van der Waals surface area contributed by atoms with Gasteiger partial charge in [0, 0.05) is 11.1 Å². The Balaban J connectivity index is 1.94. The summed E-state index contributed by atoms with van der Waals surface area (Å²) in [6, 6.07) is 4.14. The van der Waals surface area contributed by atoms with Gasteiger partial charge >= 0.3 is 0 Å². The number of hydrogen-bond donors (Lipinski definition) is 1. The van der Waals surface area contributed by atoms with E-state index in [1.54, 1.807) is 0 Å². The fourth-order valence-electron chi connectivity index (χ4n) is 1.39. The highest BCUT2D eigenvalue weighted by Crippen LogP contribution is 2.30. The van der Waals surface area contributed by atoms with Gasteiger partial charge in [0.15, 0.2) is 5.88 Å². The maximum Gasteiger partial charge on any atom is 0.190 e. The van der Waals surface area contributed by atoms with Crippen molar-refractivity contribution in [2.24, 2.45) is 5.92 Å². The number of aromatic nitrogens is 1. The zero-order valence-electron chi connectivity index (χ0n) is 9.26. The second-order valence-corrected chi connectivity index (χ2v) is 5.24. The molecule has 2 nitrogen and oxygen atoms in total. The lowest BCUT2D eigenvalue weighted by Crippen LogP contribution is -2.11. The van der Waals surface area contributed by atoms with Crippen molar-refractivity contribution in [2.75, 3.05) is 6.61 Å². The summed E-state index contributed by atoms with van der Waals surface area (Å²) < 4.78 is 5.65. The molecule has 0 bridgehead atoms. The van der Waals surface area contributed by atoms with Crippen molar-refractivity contribution in [3.63, 3.8) is 0 Å². The highest BCUT2D eigenvalue weighted by Gasteiger charge is 2.22. The summed E-state index contributed by atoms with van der Waals surface area (Å²) in [5, 5.41) is 0. The van der Waals surface area contributed by atoms with Gasteiger partial charge in [0.05, 0.1) is 6.61 Å². The van der Waals surface area contributed by atoms with Gasteiger partial charge in [-0.1, -0.05) is 20.8 Å². The summed E-state index contributed by atoms with van der Waals surface area (Å²) in [4.78, 5) is 3.31. The second-order valence-electron chi connectivity index (χ2n) is 5.24. The molecule has 1 N–H and O–H groups in total. The molecule has 1 aromatic rings. The minimum absolute atomic E-state index is 0.182. The Morgan fingerprint density at radius 1 is 1.36 bits per heavy atom. The first kappa shape index (κ1) is 9.63. The number of H-pyrrole nitrogens is 1. The molecule has 1 saturated carbocycles. The van der Waals surface area contributed by atoms with Crippen molar-refractivity contribution in [3.05, 3.63) is 17.8 Å². The summed E-state index contributed by atoms with van der Waals surface area (Å²) in [5.41, 5.74) is 1.42. The Hall–Kier alpha value is -0.920. The van der Waals surface area contributed by atoms with Crippen molar-refractivity contribution in [1.82, 2.24) is 4.98 Å². The van der Waals surface area contributed by atoms with Gasteiger partial charge in [0.2, 0.25) is 0 Å². The molecule has 1 aromatic heterocycles. The summed E-state index contributed by atoms with van der Waals surface area (Å²) in [6.07, 6.45) is 2.68. The highest BCUT2D eigenvalue weighted by molar-refractivity contribution is 5.23. The smallest absolute Gasteiger partial charge is 0.190 e.